The highest BCUT2D eigenvalue weighted by atomic mass is 32.2. The van der Waals surface area contributed by atoms with Crippen molar-refractivity contribution in [1.82, 2.24) is 9.62 Å². The number of hydrogen-bond acceptors (Lipinski definition) is 4. The lowest BCUT2D eigenvalue weighted by Crippen LogP contribution is -2.63. The number of aliphatic hydroxyl groups is 1. The zero-order valence-corrected chi connectivity index (χ0v) is 19.2. The first-order valence-corrected chi connectivity index (χ1v) is 13.2. The van der Waals surface area contributed by atoms with Gasteiger partial charge in [0.1, 0.15) is 6.10 Å². The molecular weight excluding hydrogens is 412 g/mol. The van der Waals surface area contributed by atoms with Crippen LogP contribution >= 0.6 is 0 Å². The molecule has 5 fully saturated rings. The number of piperidine rings is 1. The van der Waals surface area contributed by atoms with E-state index >= 15 is 0 Å². The topological polar surface area (TPSA) is 86.7 Å². The molecule has 2 N–H and O–H groups in total. The molecule has 0 aromatic heterocycles. The van der Waals surface area contributed by atoms with Crippen molar-refractivity contribution in [3.63, 3.8) is 0 Å². The fourth-order valence-electron chi connectivity index (χ4n) is 7.20. The van der Waals surface area contributed by atoms with Gasteiger partial charge in [0.25, 0.3) is 0 Å². The van der Waals surface area contributed by atoms with Gasteiger partial charge in [-0.25, -0.2) is 8.42 Å². The van der Waals surface area contributed by atoms with E-state index in [2.05, 4.69) is 5.32 Å². The number of nitrogens with one attached hydrogen (secondary N) is 1. The monoisotopic (exact) mass is 446 g/mol. The van der Waals surface area contributed by atoms with Gasteiger partial charge in [-0.2, -0.15) is 4.31 Å². The molecule has 2 atom stereocenters. The van der Waals surface area contributed by atoms with Crippen LogP contribution in [0.2, 0.25) is 0 Å². The van der Waals surface area contributed by atoms with Crippen molar-refractivity contribution >= 4 is 15.9 Å². The first-order valence-electron chi connectivity index (χ1n) is 11.8. The molecule has 6 nitrogen and oxygen atoms in total. The molecule has 4 aliphatic carbocycles. The smallest absolute Gasteiger partial charge is 0.249 e. The number of carbonyl (C=O) groups is 1. The molecule has 1 spiro atoms. The van der Waals surface area contributed by atoms with E-state index in [-0.39, 0.29) is 17.4 Å². The van der Waals surface area contributed by atoms with E-state index in [0.29, 0.717) is 42.2 Å². The van der Waals surface area contributed by atoms with Crippen molar-refractivity contribution in [2.45, 2.75) is 81.8 Å². The second-order valence-electron chi connectivity index (χ2n) is 10.8. The van der Waals surface area contributed by atoms with Gasteiger partial charge in [0.15, 0.2) is 0 Å². The van der Waals surface area contributed by atoms with E-state index in [1.165, 1.54) is 30.0 Å². The minimum Gasteiger partial charge on any atom is -0.383 e. The van der Waals surface area contributed by atoms with E-state index in [1.54, 1.807) is 12.1 Å². The average molecular weight is 447 g/mol. The predicted octanol–water partition coefficient (Wildman–Crippen LogP) is 2.99. The van der Waals surface area contributed by atoms with Crippen LogP contribution in [0.5, 0.6) is 0 Å². The number of amides is 1. The van der Waals surface area contributed by atoms with E-state index in [9.17, 15) is 18.3 Å². The van der Waals surface area contributed by atoms with Crippen molar-refractivity contribution in [3.05, 3.63) is 29.8 Å². The molecule has 6 rings (SSSR count). The van der Waals surface area contributed by atoms with Gasteiger partial charge in [0.2, 0.25) is 15.9 Å². The van der Waals surface area contributed by atoms with Crippen LogP contribution in [0, 0.1) is 23.7 Å². The zero-order valence-electron chi connectivity index (χ0n) is 18.3. The number of aryl methyl sites for hydroxylation is 1. The van der Waals surface area contributed by atoms with Crippen LogP contribution in [0.25, 0.3) is 0 Å². The number of benzene rings is 1. The Labute approximate surface area is 185 Å². The number of sulfonamides is 1. The number of hydrogen-bond donors (Lipinski definition) is 2. The maximum absolute atomic E-state index is 12.9. The molecule has 1 heterocycles. The first kappa shape index (κ1) is 21.4. The summed E-state index contributed by atoms with van der Waals surface area (Å²) in [6, 6.07) is 6.84. The molecule has 7 heteroatoms. The summed E-state index contributed by atoms with van der Waals surface area (Å²) in [7, 11) is -3.51. The number of rotatable bonds is 5. The van der Waals surface area contributed by atoms with Gasteiger partial charge in [0, 0.05) is 24.5 Å². The van der Waals surface area contributed by atoms with Crippen LogP contribution in [0.4, 0.5) is 0 Å². The molecule has 1 aromatic carbocycles. The van der Waals surface area contributed by atoms with E-state index in [0.717, 1.165) is 24.8 Å². The number of aliphatic hydroxyl groups excluding tert-OH is 1. The maximum atomic E-state index is 12.9. The zero-order chi connectivity index (χ0) is 21.9. The fraction of sp³-hybridized carbons (Fsp3) is 0.708. The van der Waals surface area contributed by atoms with E-state index < -0.39 is 16.1 Å². The van der Waals surface area contributed by atoms with Crippen LogP contribution in [0.3, 0.4) is 0 Å². The highest BCUT2D eigenvalue weighted by molar-refractivity contribution is 7.89. The molecule has 1 aliphatic heterocycles. The normalized spacial score (nSPS) is 34.6. The maximum Gasteiger partial charge on any atom is 0.249 e. The first-order chi connectivity index (χ1) is 14.7. The standard InChI is InChI=1S/C24H34N2O4S/c1-17-4-6-20(7-5-17)31(29,30)26-11-8-19(9-12-26)25-22(28)21(27)24-14-18-3-2-10-23(13-18,15-24)16-24/h4-7,18-19,21,27H,2-3,8-16H2,1H3,(H,25,28). The second kappa shape index (κ2) is 7.56. The van der Waals surface area contributed by atoms with Gasteiger partial charge in [-0.05, 0) is 75.3 Å². The fourth-order valence-corrected chi connectivity index (χ4v) is 8.67. The van der Waals surface area contributed by atoms with Crippen LogP contribution < -0.4 is 5.32 Å². The third-order valence-corrected chi connectivity index (χ3v) is 10.4. The quantitative estimate of drug-likeness (QED) is 0.728. The Kier molecular flexibility index (Phi) is 5.22. The van der Waals surface area contributed by atoms with Crippen LogP contribution in [0.1, 0.15) is 63.4 Å². The van der Waals surface area contributed by atoms with E-state index in [1.807, 2.05) is 19.1 Å². The lowest BCUT2D eigenvalue weighted by Gasteiger charge is -2.66. The molecule has 0 radical (unpaired) electrons. The SMILES string of the molecule is Cc1ccc(S(=O)(=O)N2CCC(NC(=O)C(O)C34CC5CCCC(C5)(C3)C4)CC2)cc1. The summed E-state index contributed by atoms with van der Waals surface area (Å²) in [5.74, 6) is 0.420. The molecule has 3 bridgehead atoms. The van der Waals surface area contributed by atoms with Crippen molar-refractivity contribution in [1.29, 1.82) is 0 Å². The van der Waals surface area contributed by atoms with Crippen molar-refractivity contribution in [3.8, 4) is 0 Å². The van der Waals surface area contributed by atoms with Gasteiger partial charge in [-0.1, -0.05) is 30.5 Å². The lowest BCUT2D eigenvalue weighted by atomic mass is 9.39. The summed E-state index contributed by atoms with van der Waals surface area (Å²) in [6.07, 6.45) is 8.28. The average Bonchev–Trinajstić information content (AvgIpc) is 2.72. The summed E-state index contributed by atoms with van der Waals surface area (Å²) in [5, 5.41) is 14.0. The Hall–Kier alpha value is -1.44. The molecule has 31 heavy (non-hydrogen) atoms. The van der Waals surface area contributed by atoms with Crippen molar-refractivity contribution in [2.24, 2.45) is 16.7 Å². The Morgan fingerprint density at radius 3 is 2.45 bits per heavy atom. The second-order valence-corrected chi connectivity index (χ2v) is 12.7. The summed E-state index contributed by atoms with van der Waals surface area (Å²) < 4.78 is 27.3. The molecule has 1 aromatic rings. The Balaban J connectivity index is 1.16. The third kappa shape index (κ3) is 3.72. The van der Waals surface area contributed by atoms with Crippen LogP contribution in [-0.2, 0) is 14.8 Å². The van der Waals surface area contributed by atoms with Gasteiger partial charge in [-0.15, -0.1) is 0 Å². The minimum atomic E-state index is -3.51. The highest BCUT2D eigenvalue weighted by Crippen LogP contribution is 2.70. The Morgan fingerprint density at radius 2 is 1.81 bits per heavy atom. The summed E-state index contributed by atoms with van der Waals surface area (Å²) in [4.78, 5) is 13.2. The molecule has 4 saturated carbocycles. The summed E-state index contributed by atoms with van der Waals surface area (Å²) >= 11 is 0. The largest absolute Gasteiger partial charge is 0.383 e. The Bertz CT molecular complexity index is 939. The molecule has 1 amide bonds. The van der Waals surface area contributed by atoms with Crippen LogP contribution in [0.15, 0.2) is 29.2 Å². The Morgan fingerprint density at radius 1 is 1.13 bits per heavy atom. The van der Waals surface area contributed by atoms with Crippen LogP contribution in [-0.4, -0.2) is 49.0 Å². The van der Waals surface area contributed by atoms with Gasteiger partial charge >= 0.3 is 0 Å². The molecular formula is C24H34N2O4S. The minimum absolute atomic E-state index is 0.0832. The molecule has 170 valence electrons. The van der Waals surface area contributed by atoms with Gasteiger partial charge in [-0.3, -0.25) is 4.79 Å². The number of nitrogens with zero attached hydrogens (tertiary/aromatic N) is 1. The van der Waals surface area contributed by atoms with Gasteiger partial charge < -0.3 is 10.4 Å². The summed E-state index contributed by atoms with van der Waals surface area (Å²) in [5.41, 5.74) is 1.21. The predicted molar refractivity (Wildman–Crippen MR) is 118 cm³/mol. The molecule has 5 aliphatic rings. The van der Waals surface area contributed by atoms with E-state index in [4.69, 9.17) is 0 Å². The highest BCUT2D eigenvalue weighted by Gasteiger charge is 2.64. The summed E-state index contributed by atoms with van der Waals surface area (Å²) in [6.45, 7) is 2.70. The lowest BCUT2D eigenvalue weighted by molar-refractivity contribution is -0.199. The number of carbonyl (C=O) groups excluding carboxylic acids is 1. The molecule has 2 unspecified atom stereocenters. The van der Waals surface area contributed by atoms with Gasteiger partial charge in [0.05, 0.1) is 4.90 Å². The van der Waals surface area contributed by atoms with Crippen molar-refractivity contribution in [2.75, 3.05) is 13.1 Å². The van der Waals surface area contributed by atoms with Crippen molar-refractivity contribution < 1.29 is 18.3 Å². The molecule has 1 saturated heterocycles. The third-order valence-electron chi connectivity index (χ3n) is 8.48.